The number of hydrogen-bond donors (Lipinski definition) is 2. The zero-order valence-electron chi connectivity index (χ0n) is 18.3. The Bertz CT molecular complexity index is 1080. The number of benzene rings is 2. The molecular weight excluding hydrogens is 408 g/mol. The van der Waals surface area contributed by atoms with Crippen LogP contribution in [-0.2, 0) is 24.6 Å². The number of anilines is 1. The highest BCUT2D eigenvalue weighted by atomic mass is 16.6. The molecule has 168 valence electrons. The standard InChI is InChI=1S/C24H28N4O4/c1-28-21(10-12-26-28)20-14-17(7-9-23(20)31-13-11-25)27-24(29)32-18-8-6-16-4-3-5-22(30-2)19(16)15-18/h3-5,7,9-10,12,14,18H,6,8,11,13,15,25H2,1-2H3,(H,27,29). The fourth-order valence-electron chi connectivity index (χ4n) is 4.05. The van der Waals surface area contributed by atoms with E-state index in [2.05, 4.69) is 16.5 Å². The highest BCUT2D eigenvalue weighted by Gasteiger charge is 2.24. The third-order valence-electron chi connectivity index (χ3n) is 5.59. The van der Waals surface area contributed by atoms with Crippen molar-refractivity contribution in [2.75, 3.05) is 25.6 Å². The van der Waals surface area contributed by atoms with Gasteiger partial charge in [-0.2, -0.15) is 5.10 Å². The number of aryl methyl sites for hydroxylation is 2. The maximum absolute atomic E-state index is 12.6. The van der Waals surface area contributed by atoms with Crippen molar-refractivity contribution in [3.8, 4) is 22.8 Å². The molecule has 1 amide bonds. The molecule has 0 fully saturated rings. The quantitative estimate of drug-likeness (QED) is 0.588. The molecular formula is C24H28N4O4. The molecule has 1 aromatic heterocycles. The van der Waals surface area contributed by atoms with Crippen LogP contribution in [0, 0.1) is 0 Å². The molecule has 0 bridgehead atoms. The Kier molecular flexibility index (Phi) is 6.61. The van der Waals surface area contributed by atoms with Crippen molar-refractivity contribution in [2.45, 2.75) is 25.4 Å². The van der Waals surface area contributed by atoms with Crippen LogP contribution in [0.25, 0.3) is 11.3 Å². The normalized spacial score (nSPS) is 15.0. The number of amides is 1. The molecule has 0 aliphatic heterocycles. The van der Waals surface area contributed by atoms with Crippen LogP contribution < -0.4 is 20.5 Å². The van der Waals surface area contributed by atoms with Gasteiger partial charge in [-0.05, 0) is 48.7 Å². The number of aromatic nitrogens is 2. The topological polar surface area (TPSA) is 101 Å². The van der Waals surface area contributed by atoms with Gasteiger partial charge in [0.1, 0.15) is 24.2 Å². The average molecular weight is 437 g/mol. The Balaban J connectivity index is 1.47. The van der Waals surface area contributed by atoms with Crippen molar-refractivity contribution in [1.29, 1.82) is 0 Å². The number of ether oxygens (including phenoxy) is 3. The van der Waals surface area contributed by atoms with Crippen LogP contribution in [0.3, 0.4) is 0 Å². The number of fused-ring (bicyclic) bond motifs is 1. The van der Waals surface area contributed by atoms with Gasteiger partial charge in [-0.1, -0.05) is 12.1 Å². The summed E-state index contributed by atoms with van der Waals surface area (Å²) in [4.78, 5) is 12.6. The number of carbonyl (C=O) groups excluding carboxylic acids is 1. The molecule has 1 aliphatic rings. The van der Waals surface area contributed by atoms with Crippen molar-refractivity contribution in [2.24, 2.45) is 12.8 Å². The number of nitrogens with zero attached hydrogens (tertiary/aromatic N) is 2. The monoisotopic (exact) mass is 436 g/mol. The molecule has 8 nitrogen and oxygen atoms in total. The minimum absolute atomic E-state index is 0.206. The first-order valence-electron chi connectivity index (χ1n) is 10.7. The van der Waals surface area contributed by atoms with E-state index in [-0.39, 0.29) is 6.10 Å². The summed E-state index contributed by atoms with van der Waals surface area (Å²) in [6, 6.07) is 13.4. The van der Waals surface area contributed by atoms with Crippen LogP contribution in [0.1, 0.15) is 17.5 Å². The van der Waals surface area contributed by atoms with Gasteiger partial charge >= 0.3 is 6.09 Å². The second kappa shape index (κ2) is 9.74. The molecule has 32 heavy (non-hydrogen) atoms. The predicted octanol–water partition coefficient (Wildman–Crippen LogP) is 3.54. The highest BCUT2D eigenvalue weighted by molar-refractivity contribution is 5.86. The van der Waals surface area contributed by atoms with E-state index in [0.717, 1.165) is 35.4 Å². The van der Waals surface area contributed by atoms with E-state index in [1.54, 1.807) is 24.1 Å². The van der Waals surface area contributed by atoms with E-state index in [0.29, 0.717) is 31.0 Å². The van der Waals surface area contributed by atoms with Gasteiger partial charge in [-0.25, -0.2) is 4.79 Å². The van der Waals surface area contributed by atoms with Crippen LogP contribution in [0.5, 0.6) is 11.5 Å². The van der Waals surface area contributed by atoms with Gasteiger partial charge in [0, 0.05) is 43.0 Å². The maximum Gasteiger partial charge on any atom is 0.411 e. The minimum Gasteiger partial charge on any atom is -0.496 e. The van der Waals surface area contributed by atoms with Crippen molar-refractivity contribution in [1.82, 2.24) is 9.78 Å². The average Bonchev–Trinajstić information content (AvgIpc) is 3.23. The zero-order chi connectivity index (χ0) is 22.5. The zero-order valence-corrected chi connectivity index (χ0v) is 18.3. The molecule has 1 unspecified atom stereocenters. The van der Waals surface area contributed by atoms with Crippen LogP contribution in [0.4, 0.5) is 10.5 Å². The van der Waals surface area contributed by atoms with Crippen molar-refractivity contribution in [3.05, 3.63) is 59.8 Å². The molecule has 0 spiro atoms. The van der Waals surface area contributed by atoms with E-state index in [1.807, 2.05) is 37.4 Å². The van der Waals surface area contributed by atoms with Crippen LogP contribution in [0.15, 0.2) is 48.7 Å². The Morgan fingerprint density at radius 3 is 2.88 bits per heavy atom. The van der Waals surface area contributed by atoms with Gasteiger partial charge < -0.3 is 19.9 Å². The molecule has 3 N–H and O–H groups in total. The lowest BCUT2D eigenvalue weighted by Gasteiger charge is -2.26. The Morgan fingerprint density at radius 1 is 1.25 bits per heavy atom. The van der Waals surface area contributed by atoms with Crippen molar-refractivity contribution in [3.63, 3.8) is 0 Å². The second-order valence-corrected chi connectivity index (χ2v) is 7.68. The number of nitrogens with two attached hydrogens (primary N) is 1. The maximum atomic E-state index is 12.6. The van der Waals surface area contributed by atoms with Crippen molar-refractivity contribution >= 4 is 11.8 Å². The van der Waals surface area contributed by atoms with E-state index in [4.69, 9.17) is 19.9 Å². The first kappa shape index (κ1) is 21.7. The van der Waals surface area contributed by atoms with Gasteiger partial charge in [-0.15, -0.1) is 0 Å². The van der Waals surface area contributed by atoms with E-state index in [1.165, 1.54) is 5.56 Å². The fraction of sp³-hybridized carbons (Fsp3) is 0.333. The number of hydrogen-bond acceptors (Lipinski definition) is 6. The number of rotatable bonds is 7. The SMILES string of the molecule is COc1cccc2c1CC(OC(=O)Nc1ccc(OCCN)c(-c3ccnn3C)c1)CC2. The predicted molar refractivity (Wildman–Crippen MR) is 122 cm³/mol. The molecule has 2 aromatic carbocycles. The van der Waals surface area contributed by atoms with Gasteiger partial charge in [0.25, 0.3) is 0 Å². The van der Waals surface area contributed by atoms with Crippen LogP contribution >= 0.6 is 0 Å². The molecule has 1 heterocycles. The number of carbonyl (C=O) groups is 1. The highest BCUT2D eigenvalue weighted by Crippen LogP contribution is 2.33. The molecule has 0 saturated carbocycles. The third-order valence-corrected chi connectivity index (χ3v) is 5.59. The van der Waals surface area contributed by atoms with Crippen LogP contribution in [0.2, 0.25) is 0 Å². The number of methoxy groups -OCH3 is 1. The smallest absolute Gasteiger partial charge is 0.411 e. The summed E-state index contributed by atoms with van der Waals surface area (Å²) < 4.78 is 18.7. The lowest BCUT2D eigenvalue weighted by atomic mass is 9.89. The summed E-state index contributed by atoms with van der Waals surface area (Å²) in [7, 11) is 3.51. The molecule has 1 atom stereocenters. The largest absolute Gasteiger partial charge is 0.496 e. The Labute approximate surface area is 187 Å². The molecule has 8 heteroatoms. The fourth-order valence-corrected chi connectivity index (χ4v) is 4.05. The molecule has 0 saturated heterocycles. The summed E-state index contributed by atoms with van der Waals surface area (Å²) in [5, 5.41) is 7.07. The first-order chi connectivity index (χ1) is 15.6. The summed E-state index contributed by atoms with van der Waals surface area (Å²) in [6.45, 7) is 0.804. The Morgan fingerprint density at radius 2 is 2.12 bits per heavy atom. The molecule has 3 aromatic rings. The third kappa shape index (κ3) is 4.70. The molecule has 4 rings (SSSR count). The van der Waals surface area contributed by atoms with Crippen molar-refractivity contribution < 1.29 is 19.0 Å². The Hall–Kier alpha value is -3.52. The first-order valence-corrected chi connectivity index (χ1v) is 10.7. The van der Waals surface area contributed by atoms with Gasteiger partial charge in [-0.3, -0.25) is 10.00 Å². The minimum atomic E-state index is -0.486. The summed E-state index contributed by atoms with van der Waals surface area (Å²) >= 11 is 0. The summed E-state index contributed by atoms with van der Waals surface area (Å²) in [5.74, 6) is 1.51. The molecule has 0 radical (unpaired) electrons. The van der Waals surface area contributed by atoms with E-state index < -0.39 is 6.09 Å². The lowest BCUT2D eigenvalue weighted by Crippen LogP contribution is -2.28. The van der Waals surface area contributed by atoms with E-state index in [9.17, 15) is 4.79 Å². The van der Waals surface area contributed by atoms with Crippen LogP contribution in [-0.4, -0.2) is 42.2 Å². The number of nitrogens with one attached hydrogen (secondary N) is 1. The van der Waals surface area contributed by atoms with Gasteiger partial charge in [0.2, 0.25) is 0 Å². The van der Waals surface area contributed by atoms with Gasteiger partial charge in [0.05, 0.1) is 12.8 Å². The second-order valence-electron chi connectivity index (χ2n) is 7.68. The van der Waals surface area contributed by atoms with Gasteiger partial charge in [0.15, 0.2) is 0 Å². The van der Waals surface area contributed by atoms with E-state index >= 15 is 0 Å². The summed E-state index contributed by atoms with van der Waals surface area (Å²) in [6.07, 6.45) is 3.29. The lowest BCUT2D eigenvalue weighted by molar-refractivity contribution is 0.101. The summed E-state index contributed by atoms with van der Waals surface area (Å²) in [5.41, 5.74) is 10.2. The molecule has 1 aliphatic carbocycles.